The Morgan fingerprint density at radius 3 is 2.59 bits per heavy atom. The van der Waals surface area contributed by atoms with E-state index >= 15 is 0 Å². The third-order valence-corrected chi connectivity index (χ3v) is 5.53. The minimum absolute atomic E-state index is 0.0241. The SMILES string of the molecule is CCN(C[C@@H]1N[C@H](CO)[C@H]1c1ccc(-c2cccc(C#N)c2)cc1)C(=O)COC. The number of nitrogens with zero attached hydrogens (tertiary/aromatic N) is 2. The normalized spacial score (nSPS) is 20.6. The Balaban J connectivity index is 1.76. The number of likely N-dealkylation sites (N-methyl/N-ethyl adjacent to an activating group) is 1. The summed E-state index contributed by atoms with van der Waals surface area (Å²) >= 11 is 0. The lowest BCUT2D eigenvalue weighted by atomic mass is 9.77. The maximum atomic E-state index is 12.2. The molecule has 1 fully saturated rings. The number of rotatable bonds is 8. The molecular formula is C23H27N3O3. The van der Waals surface area contributed by atoms with Crippen molar-refractivity contribution in [3.63, 3.8) is 0 Å². The molecule has 1 saturated heterocycles. The Hall–Kier alpha value is -2.72. The van der Waals surface area contributed by atoms with Crippen LogP contribution >= 0.6 is 0 Å². The lowest BCUT2D eigenvalue weighted by Gasteiger charge is -2.47. The van der Waals surface area contributed by atoms with E-state index in [0.29, 0.717) is 18.7 Å². The number of aliphatic hydroxyl groups excluding tert-OH is 1. The standard InChI is InChI=1S/C23H27N3O3/c1-3-26(22(28)15-29-2)13-20-23(21(14-27)25-20)18-9-7-17(8-10-18)19-6-4-5-16(11-19)12-24/h4-11,20-21,23,25,27H,3,13-15H2,1-2H3/t20-,21+,23-/m0/s1. The van der Waals surface area contributed by atoms with Crippen LogP contribution in [0.3, 0.4) is 0 Å². The zero-order chi connectivity index (χ0) is 20.8. The molecule has 29 heavy (non-hydrogen) atoms. The van der Waals surface area contributed by atoms with Crippen LogP contribution in [-0.2, 0) is 9.53 Å². The quantitative estimate of drug-likeness (QED) is 0.718. The highest BCUT2D eigenvalue weighted by molar-refractivity contribution is 5.77. The number of carbonyl (C=O) groups is 1. The number of carbonyl (C=O) groups excluding carboxylic acids is 1. The minimum atomic E-state index is -0.0317. The summed E-state index contributed by atoms with van der Waals surface area (Å²) in [6.07, 6.45) is 0. The van der Waals surface area contributed by atoms with Crippen LogP contribution in [0.5, 0.6) is 0 Å². The van der Waals surface area contributed by atoms with Crippen LogP contribution in [0.4, 0.5) is 0 Å². The van der Waals surface area contributed by atoms with Crippen LogP contribution in [0.1, 0.15) is 24.0 Å². The van der Waals surface area contributed by atoms with Crippen molar-refractivity contribution in [2.24, 2.45) is 0 Å². The van der Waals surface area contributed by atoms with Crippen LogP contribution in [0.15, 0.2) is 48.5 Å². The lowest BCUT2D eigenvalue weighted by molar-refractivity contribution is -0.135. The van der Waals surface area contributed by atoms with E-state index in [4.69, 9.17) is 10.00 Å². The molecule has 6 nitrogen and oxygen atoms in total. The summed E-state index contributed by atoms with van der Waals surface area (Å²) in [5.74, 6) is 0.0969. The van der Waals surface area contributed by atoms with Gasteiger partial charge in [0.05, 0.1) is 18.2 Å². The van der Waals surface area contributed by atoms with Crippen LogP contribution in [0.25, 0.3) is 11.1 Å². The smallest absolute Gasteiger partial charge is 0.248 e. The highest BCUT2D eigenvalue weighted by atomic mass is 16.5. The molecule has 3 rings (SSSR count). The van der Waals surface area contributed by atoms with Gasteiger partial charge in [-0.25, -0.2) is 0 Å². The predicted molar refractivity (Wildman–Crippen MR) is 111 cm³/mol. The summed E-state index contributed by atoms with van der Waals surface area (Å²) in [4.78, 5) is 14.0. The van der Waals surface area contributed by atoms with Gasteiger partial charge in [0, 0.05) is 38.2 Å². The molecule has 0 aliphatic carbocycles. The Bertz CT molecular complexity index is 876. The van der Waals surface area contributed by atoms with E-state index in [9.17, 15) is 9.90 Å². The second kappa shape index (κ2) is 9.66. The summed E-state index contributed by atoms with van der Waals surface area (Å²) in [5.41, 5.74) is 3.80. The highest BCUT2D eigenvalue weighted by Gasteiger charge is 2.41. The largest absolute Gasteiger partial charge is 0.395 e. The third-order valence-electron chi connectivity index (χ3n) is 5.53. The van der Waals surface area contributed by atoms with Gasteiger partial charge in [0.1, 0.15) is 6.61 Å². The summed E-state index contributed by atoms with van der Waals surface area (Å²) in [7, 11) is 1.52. The number of nitriles is 1. The van der Waals surface area contributed by atoms with Crippen LogP contribution in [-0.4, -0.2) is 61.4 Å². The van der Waals surface area contributed by atoms with Crippen molar-refractivity contribution in [2.45, 2.75) is 24.9 Å². The van der Waals surface area contributed by atoms with Crippen LogP contribution < -0.4 is 5.32 Å². The van der Waals surface area contributed by atoms with Crippen molar-refractivity contribution in [1.29, 1.82) is 5.26 Å². The number of amides is 1. The number of hydrogen-bond donors (Lipinski definition) is 2. The number of ether oxygens (including phenoxy) is 1. The molecule has 1 amide bonds. The number of hydrogen-bond acceptors (Lipinski definition) is 5. The van der Waals surface area contributed by atoms with Gasteiger partial charge in [-0.05, 0) is 35.7 Å². The van der Waals surface area contributed by atoms with Gasteiger partial charge >= 0.3 is 0 Å². The fourth-order valence-electron chi connectivity index (χ4n) is 3.97. The van der Waals surface area contributed by atoms with E-state index in [1.165, 1.54) is 7.11 Å². The first kappa shape index (κ1) is 21.0. The van der Waals surface area contributed by atoms with E-state index in [2.05, 4.69) is 23.5 Å². The topological polar surface area (TPSA) is 85.6 Å². The van der Waals surface area contributed by atoms with Gasteiger partial charge in [0.25, 0.3) is 0 Å². The van der Waals surface area contributed by atoms with Crippen molar-refractivity contribution in [1.82, 2.24) is 10.2 Å². The van der Waals surface area contributed by atoms with Crippen molar-refractivity contribution >= 4 is 5.91 Å². The van der Waals surface area contributed by atoms with Crippen molar-refractivity contribution in [3.05, 3.63) is 59.7 Å². The zero-order valence-electron chi connectivity index (χ0n) is 16.8. The monoisotopic (exact) mass is 393 g/mol. The molecular weight excluding hydrogens is 366 g/mol. The molecule has 6 heteroatoms. The molecule has 152 valence electrons. The number of nitrogens with one attached hydrogen (secondary N) is 1. The van der Waals surface area contributed by atoms with E-state index in [1.54, 1.807) is 11.0 Å². The maximum absolute atomic E-state index is 12.2. The van der Waals surface area contributed by atoms with Crippen molar-refractivity contribution in [2.75, 3.05) is 33.4 Å². The van der Waals surface area contributed by atoms with Gasteiger partial charge in [-0.3, -0.25) is 4.79 Å². The van der Waals surface area contributed by atoms with E-state index in [1.807, 2.05) is 37.3 Å². The summed E-state index contributed by atoms with van der Waals surface area (Å²) < 4.78 is 4.97. The molecule has 1 aliphatic heterocycles. The summed E-state index contributed by atoms with van der Waals surface area (Å²) in [5, 5.41) is 22.2. The molecule has 2 aromatic carbocycles. The molecule has 0 saturated carbocycles. The fourth-order valence-corrected chi connectivity index (χ4v) is 3.97. The Morgan fingerprint density at radius 1 is 1.21 bits per heavy atom. The van der Waals surface area contributed by atoms with Crippen molar-refractivity contribution < 1.29 is 14.6 Å². The highest BCUT2D eigenvalue weighted by Crippen LogP contribution is 2.34. The van der Waals surface area contributed by atoms with Gasteiger partial charge < -0.3 is 20.1 Å². The first-order chi connectivity index (χ1) is 14.1. The molecule has 1 aliphatic rings. The molecule has 1 heterocycles. The lowest BCUT2D eigenvalue weighted by Crippen LogP contribution is -2.65. The summed E-state index contributed by atoms with van der Waals surface area (Å²) in [6, 6.07) is 18.0. The number of aliphatic hydroxyl groups is 1. The first-order valence-corrected chi connectivity index (χ1v) is 9.85. The number of benzene rings is 2. The average molecular weight is 393 g/mol. The third kappa shape index (κ3) is 4.65. The van der Waals surface area contributed by atoms with Crippen LogP contribution in [0, 0.1) is 11.3 Å². The van der Waals surface area contributed by atoms with Gasteiger partial charge in [-0.1, -0.05) is 36.4 Å². The Kier molecular flexibility index (Phi) is 6.99. The first-order valence-electron chi connectivity index (χ1n) is 9.85. The van der Waals surface area contributed by atoms with Crippen molar-refractivity contribution in [3.8, 4) is 17.2 Å². The predicted octanol–water partition coefficient (Wildman–Crippen LogP) is 2.14. The molecule has 3 atom stereocenters. The van der Waals surface area contributed by atoms with Crippen LogP contribution in [0.2, 0.25) is 0 Å². The Labute approximate surface area is 171 Å². The van der Waals surface area contributed by atoms with E-state index in [0.717, 1.165) is 16.7 Å². The molecule has 0 unspecified atom stereocenters. The molecule has 0 spiro atoms. The second-order valence-corrected chi connectivity index (χ2v) is 7.27. The molecule has 2 aromatic rings. The second-order valence-electron chi connectivity index (χ2n) is 7.27. The average Bonchev–Trinajstić information content (AvgIpc) is 2.74. The molecule has 0 radical (unpaired) electrons. The van der Waals surface area contributed by atoms with E-state index < -0.39 is 0 Å². The minimum Gasteiger partial charge on any atom is -0.395 e. The van der Waals surface area contributed by atoms with E-state index in [-0.39, 0.29) is 37.1 Å². The zero-order valence-corrected chi connectivity index (χ0v) is 16.8. The van der Waals surface area contributed by atoms with Gasteiger partial charge in [0.2, 0.25) is 5.91 Å². The molecule has 2 N–H and O–H groups in total. The summed E-state index contributed by atoms with van der Waals surface area (Å²) in [6.45, 7) is 3.27. The molecule has 0 aromatic heterocycles. The number of methoxy groups -OCH3 is 1. The Morgan fingerprint density at radius 2 is 1.97 bits per heavy atom. The van der Waals surface area contributed by atoms with Gasteiger partial charge in [-0.15, -0.1) is 0 Å². The van der Waals surface area contributed by atoms with Gasteiger partial charge in [0.15, 0.2) is 0 Å². The molecule has 0 bridgehead atoms. The maximum Gasteiger partial charge on any atom is 0.248 e. The van der Waals surface area contributed by atoms with Gasteiger partial charge in [-0.2, -0.15) is 5.26 Å². The fraction of sp³-hybridized carbons (Fsp3) is 0.391.